The number of carbonyl (C=O) groups excluding carboxylic acids is 3. The second kappa shape index (κ2) is 11.0. The summed E-state index contributed by atoms with van der Waals surface area (Å²) in [4.78, 5) is 43.0. The van der Waals surface area contributed by atoms with E-state index in [1.165, 1.54) is 6.92 Å². The molecule has 0 aliphatic carbocycles. The van der Waals surface area contributed by atoms with Gasteiger partial charge in [-0.15, -0.1) is 0 Å². The molecule has 1 unspecified atom stereocenters. The van der Waals surface area contributed by atoms with Gasteiger partial charge in [0.25, 0.3) is 0 Å². The molecule has 176 valence electrons. The second-order valence-electron chi connectivity index (χ2n) is 8.94. The quantitative estimate of drug-likeness (QED) is 0.663. The average molecular weight is 465 g/mol. The predicted molar refractivity (Wildman–Crippen MR) is 123 cm³/mol. The number of piperazine rings is 1. The number of benzene rings is 1. The van der Waals surface area contributed by atoms with Gasteiger partial charge in [-0.3, -0.25) is 14.4 Å². The zero-order valence-corrected chi connectivity index (χ0v) is 19.7. The van der Waals surface area contributed by atoms with Gasteiger partial charge in [0.2, 0.25) is 17.7 Å². The molecular weight excluding hydrogens is 432 g/mol. The fraction of sp³-hybridized carbons (Fsp3) is 0.609. The Hall–Kier alpha value is -2.32. The highest BCUT2D eigenvalue weighted by Crippen LogP contribution is 2.35. The number of hydrogen-bond acceptors (Lipinski definition) is 5. The minimum absolute atomic E-state index is 0.0348. The van der Waals surface area contributed by atoms with Crippen molar-refractivity contribution >= 4 is 29.3 Å². The first-order valence-electron chi connectivity index (χ1n) is 11.1. The Labute approximate surface area is 194 Å². The normalized spacial score (nSPS) is 21.8. The zero-order chi connectivity index (χ0) is 23.1. The summed E-state index contributed by atoms with van der Waals surface area (Å²) in [5.74, 6) is 0.366. The number of hydrogen-bond donors (Lipinski definition) is 1. The third-order valence-electron chi connectivity index (χ3n) is 6.23. The van der Waals surface area contributed by atoms with Crippen LogP contribution in [0.5, 0.6) is 5.75 Å². The van der Waals surface area contributed by atoms with E-state index in [1.807, 2.05) is 17.0 Å². The molecule has 2 fully saturated rings. The van der Waals surface area contributed by atoms with Crippen LogP contribution >= 0.6 is 11.6 Å². The van der Waals surface area contributed by atoms with E-state index in [-0.39, 0.29) is 24.3 Å². The van der Waals surface area contributed by atoms with Crippen molar-refractivity contribution in [3.05, 3.63) is 29.3 Å². The Morgan fingerprint density at radius 2 is 1.84 bits per heavy atom. The topological polar surface area (TPSA) is 82.2 Å². The number of carbonyl (C=O) groups is 3. The molecule has 2 saturated heterocycles. The highest BCUT2D eigenvalue weighted by atomic mass is 35.5. The largest absolute Gasteiger partial charge is 0.493 e. The van der Waals surface area contributed by atoms with Crippen molar-refractivity contribution in [2.24, 2.45) is 5.41 Å². The fourth-order valence-electron chi connectivity index (χ4n) is 4.33. The van der Waals surface area contributed by atoms with E-state index in [0.717, 1.165) is 25.9 Å². The van der Waals surface area contributed by atoms with Gasteiger partial charge >= 0.3 is 0 Å². The molecule has 0 bridgehead atoms. The van der Waals surface area contributed by atoms with Gasteiger partial charge in [-0.2, -0.15) is 0 Å². The molecule has 1 aromatic rings. The van der Waals surface area contributed by atoms with E-state index in [2.05, 4.69) is 17.3 Å². The molecule has 0 radical (unpaired) electrons. The van der Waals surface area contributed by atoms with Crippen LogP contribution < -0.4 is 10.1 Å². The number of halogens is 1. The number of piperidine rings is 1. The maximum absolute atomic E-state index is 13.2. The molecule has 1 atom stereocenters. The lowest BCUT2D eigenvalue weighted by atomic mass is 9.77. The van der Waals surface area contributed by atoms with Crippen LogP contribution in [-0.2, 0) is 14.4 Å². The van der Waals surface area contributed by atoms with Crippen LogP contribution in [0.2, 0.25) is 5.02 Å². The summed E-state index contributed by atoms with van der Waals surface area (Å²) >= 11 is 6.09. The van der Waals surface area contributed by atoms with Gasteiger partial charge in [-0.25, -0.2) is 0 Å². The molecule has 2 aliphatic rings. The summed E-state index contributed by atoms with van der Waals surface area (Å²) in [5.41, 5.74) is -0.493. The van der Waals surface area contributed by atoms with Crippen LogP contribution in [0.3, 0.4) is 0 Å². The van der Waals surface area contributed by atoms with Crippen molar-refractivity contribution in [1.82, 2.24) is 20.0 Å². The first kappa shape index (κ1) is 24.3. The van der Waals surface area contributed by atoms with Crippen LogP contribution in [0.15, 0.2) is 24.3 Å². The average Bonchev–Trinajstić information content (AvgIpc) is 2.77. The number of likely N-dealkylation sites (tertiary alicyclic amines) is 1. The lowest BCUT2D eigenvalue weighted by molar-refractivity contribution is -0.142. The van der Waals surface area contributed by atoms with Crippen molar-refractivity contribution in [1.29, 1.82) is 0 Å². The maximum atomic E-state index is 13.2. The number of rotatable bonds is 7. The Balaban J connectivity index is 1.72. The predicted octanol–water partition coefficient (Wildman–Crippen LogP) is 1.63. The SMILES string of the molecule is CC(=O)NCC(=O)N1CCCC(COc2cccc(Cl)c2)(CC(=O)N2CCN(C)CC2)C1. The van der Waals surface area contributed by atoms with Crippen molar-refractivity contribution in [3.8, 4) is 5.75 Å². The van der Waals surface area contributed by atoms with Crippen LogP contribution in [-0.4, -0.2) is 91.9 Å². The highest BCUT2D eigenvalue weighted by molar-refractivity contribution is 6.30. The van der Waals surface area contributed by atoms with Crippen LogP contribution in [0.1, 0.15) is 26.2 Å². The number of ether oxygens (including phenoxy) is 1. The first-order valence-corrected chi connectivity index (χ1v) is 11.5. The molecule has 1 aromatic carbocycles. The van der Waals surface area contributed by atoms with Crippen molar-refractivity contribution in [3.63, 3.8) is 0 Å². The number of nitrogens with one attached hydrogen (secondary N) is 1. The molecule has 2 heterocycles. The van der Waals surface area contributed by atoms with E-state index in [4.69, 9.17) is 16.3 Å². The number of likely N-dealkylation sites (N-methyl/N-ethyl adjacent to an activating group) is 1. The standard InChI is InChI=1S/C23H33ClN4O4/c1-18(29)25-15-22(31)28-8-4-7-23(16-28,17-32-20-6-3-5-19(24)13-20)14-21(30)27-11-9-26(2)10-12-27/h3,5-6,13H,4,7-12,14-17H2,1-2H3,(H,25,29). The summed E-state index contributed by atoms with van der Waals surface area (Å²) in [7, 11) is 2.06. The van der Waals surface area contributed by atoms with Gasteiger partial charge in [-0.05, 0) is 38.1 Å². The smallest absolute Gasteiger partial charge is 0.241 e. The zero-order valence-electron chi connectivity index (χ0n) is 18.9. The molecule has 0 spiro atoms. The lowest BCUT2D eigenvalue weighted by Crippen LogP contribution is -2.54. The summed E-state index contributed by atoms with van der Waals surface area (Å²) in [6, 6.07) is 7.19. The Kier molecular flexibility index (Phi) is 8.37. The number of nitrogens with zero attached hydrogens (tertiary/aromatic N) is 3. The minimum atomic E-state index is -0.493. The third-order valence-corrected chi connectivity index (χ3v) is 6.46. The molecule has 3 amide bonds. The van der Waals surface area contributed by atoms with Crippen LogP contribution in [0, 0.1) is 5.41 Å². The Bertz CT molecular complexity index is 828. The molecule has 0 saturated carbocycles. The molecule has 0 aromatic heterocycles. The molecule has 8 nitrogen and oxygen atoms in total. The summed E-state index contributed by atoms with van der Waals surface area (Å²) in [5, 5.41) is 3.16. The van der Waals surface area contributed by atoms with Gasteiger partial charge in [0.05, 0.1) is 13.2 Å². The fourth-order valence-corrected chi connectivity index (χ4v) is 4.51. The molecule has 9 heteroatoms. The minimum Gasteiger partial charge on any atom is -0.493 e. The van der Waals surface area contributed by atoms with Gasteiger partial charge in [-0.1, -0.05) is 17.7 Å². The van der Waals surface area contributed by atoms with Crippen molar-refractivity contribution in [2.75, 3.05) is 59.5 Å². The van der Waals surface area contributed by atoms with Gasteiger partial charge in [0.15, 0.2) is 0 Å². The van der Waals surface area contributed by atoms with Gasteiger partial charge < -0.3 is 24.8 Å². The maximum Gasteiger partial charge on any atom is 0.241 e. The summed E-state index contributed by atoms with van der Waals surface area (Å²) < 4.78 is 6.09. The lowest BCUT2D eigenvalue weighted by Gasteiger charge is -2.43. The van der Waals surface area contributed by atoms with E-state index in [1.54, 1.807) is 17.0 Å². The molecular formula is C23H33ClN4O4. The van der Waals surface area contributed by atoms with Gasteiger partial charge in [0.1, 0.15) is 5.75 Å². The van der Waals surface area contributed by atoms with Crippen molar-refractivity contribution in [2.45, 2.75) is 26.2 Å². The monoisotopic (exact) mass is 464 g/mol. The van der Waals surface area contributed by atoms with E-state index < -0.39 is 5.41 Å². The van der Waals surface area contributed by atoms with Crippen LogP contribution in [0.25, 0.3) is 0 Å². The first-order chi connectivity index (χ1) is 15.3. The number of amides is 3. The van der Waals surface area contributed by atoms with Crippen molar-refractivity contribution < 1.29 is 19.1 Å². The van der Waals surface area contributed by atoms with Gasteiger partial charge in [0, 0.05) is 63.1 Å². The Morgan fingerprint density at radius 1 is 1.09 bits per heavy atom. The third kappa shape index (κ3) is 6.84. The molecule has 3 rings (SSSR count). The summed E-state index contributed by atoms with van der Waals surface area (Å²) in [6.07, 6.45) is 1.89. The Morgan fingerprint density at radius 3 is 2.53 bits per heavy atom. The molecule has 2 aliphatic heterocycles. The molecule has 1 N–H and O–H groups in total. The second-order valence-corrected chi connectivity index (χ2v) is 9.37. The molecule has 32 heavy (non-hydrogen) atoms. The highest BCUT2D eigenvalue weighted by Gasteiger charge is 2.41. The van der Waals surface area contributed by atoms with E-state index in [0.29, 0.717) is 50.0 Å². The van der Waals surface area contributed by atoms with E-state index >= 15 is 0 Å². The van der Waals surface area contributed by atoms with E-state index in [9.17, 15) is 14.4 Å². The summed E-state index contributed by atoms with van der Waals surface area (Å²) in [6.45, 7) is 5.85. The van der Waals surface area contributed by atoms with Crippen LogP contribution in [0.4, 0.5) is 0 Å².